The zero-order valence-electron chi connectivity index (χ0n) is 35.4. The summed E-state index contributed by atoms with van der Waals surface area (Å²) in [7, 11) is 67.0. The van der Waals surface area contributed by atoms with Crippen LogP contribution in [0.4, 0.5) is 0 Å². The highest BCUT2D eigenvalue weighted by molar-refractivity contribution is 7.28. The first-order chi connectivity index (χ1) is 32.4. The van der Waals surface area contributed by atoms with E-state index in [0.717, 1.165) is 38.6 Å². The normalized spacial score (nSPS) is 11.9. The second-order valence-corrected chi connectivity index (χ2v) is 17.5. The van der Waals surface area contributed by atoms with Crippen LogP contribution in [0, 0.1) is 0 Å². The van der Waals surface area contributed by atoms with Crippen molar-refractivity contribution in [1.82, 2.24) is 19.5 Å². The quantitative estimate of drug-likeness (QED) is 0.249. The molecule has 0 saturated heterocycles. The molecule has 0 unspecified atom stereocenters. The molecule has 12 rings (SSSR count). The Labute approximate surface area is 402 Å². The van der Waals surface area contributed by atoms with Gasteiger partial charge < -0.3 is 8.98 Å². The lowest BCUT2D eigenvalue weighted by molar-refractivity contribution is 0.668. The van der Waals surface area contributed by atoms with Gasteiger partial charge in [-0.15, -0.1) is 33.2 Å². The van der Waals surface area contributed by atoms with Gasteiger partial charge in [0.05, 0.1) is 0 Å². The summed E-state index contributed by atoms with van der Waals surface area (Å²) >= 11 is 1.34. The molecule has 286 valence electrons. The van der Waals surface area contributed by atoms with Crippen LogP contribution in [0.2, 0.25) is 0 Å². The third-order valence-electron chi connectivity index (χ3n) is 12.8. The summed E-state index contributed by atoms with van der Waals surface area (Å²) in [4.78, 5) is 15.2. The van der Waals surface area contributed by atoms with E-state index in [2.05, 4.69) is 24.3 Å². The molecule has 5 nitrogen and oxygen atoms in total. The number of aromatic nitrogens is 4. The summed E-state index contributed by atoms with van der Waals surface area (Å²) in [5.41, 5.74) is 9.37. The molecule has 0 saturated carbocycles. The van der Waals surface area contributed by atoms with E-state index in [1.165, 1.54) is 11.3 Å². The molecule has 0 fully saturated rings. The van der Waals surface area contributed by atoms with E-state index in [0.29, 0.717) is 76.3 Å². The number of benzene rings is 8. The fourth-order valence-corrected chi connectivity index (χ4v) is 10.8. The van der Waals surface area contributed by atoms with Crippen molar-refractivity contribution in [3.63, 3.8) is 0 Å². The molecule has 0 N–H and O–H groups in total. The van der Waals surface area contributed by atoms with Crippen molar-refractivity contribution in [3.05, 3.63) is 121 Å². The molecule has 0 spiro atoms. The van der Waals surface area contributed by atoms with Crippen molar-refractivity contribution < 1.29 is 4.42 Å². The zero-order chi connectivity index (χ0) is 46.2. The maximum Gasteiger partial charge on any atom is 0.164 e. The number of thiophene rings is 1. The molecule has 16 heteroatoms. The first-order valence-corrected chi connectivity index (χ1v) is 21.9. The fourth-order valence-electron chi connectivity index (χ4n) is 9.42. The van der Waals surface area contributed by atoms with Crippen LogP contribution in [0.25, 0.3) is 115 Å². The Bertz CT molecular complexity index is 4100. The number of hydrogen-bond donors (Lipinski definition) is 0. The molecule has 0 atom stereocenters. The van der Waals surface area contributed by atoms with Crippen LogP contribution >= 0.6 is 11.3 Å². The monoisotopic (exact) mass is 846 g/mol. The van der Waals surface area contributed by atoms with E-state index in [1.807, 2.05) is 102 Å². The second-order valence-electron chi connectivity index (χ2n) is 16.5. The number of furan rings is 1. The van der Waals surface area contributed by atoms with Crippen molar-refractivity contribution in [2.75, 3.05) is 0 Å². The van der Waals surface area contributed by atoms with Crippen molar-refractivity contribution in [2.24, 2.45) is 0 Å². The molecular weight excluding hydrogens is 825 g/mol. The molecule has 4 aromatic heterocycles. The van der Waals surface area contributed by atoms with Crippen molar-refractivity contribution >= 4 is 208 Å². The average molecular weight is 845 g/mol. The molecular formula is C51H20B10N4OS. The first-order valence-electron chi connectivity index (χ1n) is 21.1. The highest BCUT2D eigenvalue weighted by Crippen LogP contribution is 2.42. The van der Waals surface area contributed by atoms with Crippen LogP contribution in [-0.4, -0.2) is 98.0 Å². The molecule has 0 aliphatic heterocycles. The molecule has 67 heavy (non-hydrogen) atoms. The predicted octanol–water partition coefficient (Wildman–Crippen LogP) is 1.84. The molecule has 4 heterocycles. The number of hydrogen-bond acceptors (Lipinski definition) is 5. The standard InChI is InChI=1S/C51H20B10N4OS/c52-35-31-34-46(42(59)37(54)32-33-36(53)39(56)41(58)44(61)48(33)67-47(32)34)65(45(31)43(60)40(57)38(35)55)25-18-19-26-29(20-25)66-28-13-7-12-27(30(26)28)51-63-49(23-10-5-2-6-11-23)62-50(64-51)24-16-14-22(15-17-24)21-8-3-1-4-9-21/h1-20H. The lowest BCUT2D eigenvalue weighted by atomic mass is 9.64. The van der Waals surface area contributed by atoms with Crippen molar-refractivity contribution in [3.8, 4) is 51.0 Å². The van der Waals surface area contributed by atoms with Crippen molar-refractivity contribution in [2.45, 2.75) is 0 Å². The average Bonchev–Trinajstić information content (AvgIpc) is 4.06. The number of fused-ring (bicyclic) bond motifs is 10. The van der Waals surface area contributed by atoms with Crippen LogP contribution in [0.5, 0.6) is 0 Å². The van der Waals surface area contributed by atoms with Gasteiger partial charge in [-0.05, 0) is 40.1 Å². The van der Waals surface area contributed by atoms with Gasteiger partial charge >= 0.3 is 0 Å². The van der Waals surface area contributed by atoms with Gasteiger partial charge in [-0.2, -0.15) is 0 Å². The van der Waals surface area contributed by atoms with Gasteiger partial charge in [0.2, 0.25) is 0 Å². The van der Waals surface area contributed by atoms with Gasteiger partial charge in [-0.3, -0.25) is 0 Å². The zero-order valence-corrected chi connectivity index (χ0v) is 36.2. The van der Waals surface area contributed by atoms with Gasteiger partial charge in [-0.25, -0.2) is 15.0 Å². The van der Waals surface area contributed by atoms with Gasteiger partial charge in [0.25, 0.3) is 0 Å². The molecule has 12 aromatic rings. The van der Waals surface area contributed by atoms with E-state index in [-0.39, 0.29) is 54.6 Å². The molecule has 0 amide bonds. The van der Waals surface area contributed by atoms with E-state index < -0.39 is 0 Å². The minimum Gasteiger partial charge on any atom is -0.456 e. The Balaban J connectivity index is 1.09. The number of nitrogens with zero attached hydrogens (tertiary/aromatic N) is 4. The Kier molecular flexibility index (Phi) is 9.57. The van der Waals surface area contributed by atoms with Gasteiger partial charge in [-0.1, -0.05) is 130 Å². The lowest BCUT2D eigenvalue weighted by Crippen LogP contribution is -2.48. The van der Waals surface area contributed by atoms with Crippen LogP contribution in [-0.2, 0) is 0 Å². The summed E-state index contributed by atoms with van der Waals surface area (Å²) in [6.07, 6.45) is 0. The Hall–Kier alpha value is -6.76. The Morgan fingerprint density at radius 3 is 1.57 bits per heavy atom. The van der Waals surface area contributed by atoms with Gasteiger partial charge in [0.15, 0.2) is 17.5 Å². The molecule has 0 aliphatic carbocycles. The maximum absolute atomic E-state index is 7.11. The Morgan fingerprint density at radius 2 is 0.881 bits per heavy atom. The van der Waals surface area contributed by atoms with Crippen LogP contribution in [0.1, 0.15) is 0 Å². The molecule has 20 radical (unpaired) electrons. The van der Waals surface area contributed by atoms with Crippen LogP contribution in [0.3, 0.4) is 0 Å². The highest BCUT2D eigenvalue weighted by Gasteiger charge is 2.27. The number of rotatable bonds is 5. The molecule has 0 bridgehead atoms. The largest absolute Gasteiger partial charge is 0.456 e. The molecule has 0 aliphatic rings. The summed E-state index contributed by atoms with van der Waals surface area (Å²) in [6, 6.07) is 39.9. The summed E-state index contributed by atoms with van der Waals surface area (Å²) in [5.74, 6) is 1.54. The van der Waals surface area contributed by atoms with Crippen LogP contribution < -0.4 is 54.6 Å². The topological polar surface area (TPSA) is 56.7 Å². The van der Waals surface area contributed by atoms with E-state index in [9.17, 15) is 0 Å². The smallest absolute Gasteiger partial charge is 0.164 e. The fraction of sp³-hybridized carbons (Fsp3) is 0. The van der Waals surface area contributed by atoms with Gasteiger partial charge in [0.1, 0.15) is 89.6 Å². The lowest BCUT2D eigenvalue weighted by Gasteiger charge is -2.17. The third kappa shape index (κ3) is 6.11. The second kappa shape index (κ2) is 15.4. The minimum atomic E-state index is 0.121. The van der Waals surface area contributed by atoms with Crippen molar-refractivity contribution in [1.29, 1.82) is 0 Å². The minimum absolute atomic E-state index is 0.121. The van der Waals surface area contributed by atoms with Gasteiger partial charge in [0, 0.05) is 70.4 Å². The highest BCUT2D eigenvalue weighted by atomic mass is 32.1. The van der Waals surface area contributed by atoms with Crippen LogP contribution in [0.15, 0.2) is 126 Å². The van der Waals surface area contributed by atoms with E-state index >= 15 is 0 Å². The summed E-state index contributed by atoms with van der Waals surface area (Å²) in [5, 5.41) is 3.84. The summed E-state index contributed by atoms with van der Waals surface area (Å²) in [6.45, 7) is 0. The Morgan fingerprint density at radius 1 is 0.373 bits per heavy atom. The van der Waals surface area contributed by atoms with E-state index in [4.69, 9.17) is 97.8 Å². The predicted molar refractivity (Wildman–Crippen MR) is 290 cm³/mol. The molecule has 8 aromatic carbocycles. The first kappa shape index (κ1) is 41.7. The van der Waals surface area contributed by atoms with E-state index in [1.54, 1.807) is 0 Å². The summed E-state index contributed by atoms with van der Waals surface area (Å²) < 4.78 is 9.83. The third-order valence-corrected chi connectivity index (χ3v) is 14.0. The SMILES string of the molecule is [B]c1c([B])c([B])c2c(sc3c2c([B])c([B])c2c3c3c([B])c([B])c([B])c([B])c3n2-c2ccc3c(c2)oc2cccc(-c4nc(-c5ccccc5)nc(-c5ccc(-c6ccccc6)cc5)n4)c23)c1[B]. The maximum atomic E-state index is 7.11.